The van der Waals surface area contributed by atoms with Gasteiger partial charge in [-0.05, 0) is 61.5 Å². The molecule has 2 aromatic carbocycles. The van der Waals surface area contributed by atoms with E-state index in [1.54, 1.807) is 54.6 Å². The second kappa shape index (κ2) is 9.01. The van der Waals surface area contributed by atoms with Crippen molar-refractivity contribution in [2.45, 2.75) is 6.92 Å². The molecule has 0 saturated heterocycles. The predicted molar refractivity (Wildman–Crippen MR) is 109 cm³/mol. The van der Waals surface area contributed by atoms with Gasteiger partial charge in [0.15, 0.2) is 0 Å². The Kier molecular flexibility index (Phi) is 6.24. The van der Waals surface area contributed by atoms with E-state index in [4.69, 9.17) is 16.3 Å². The summed E-state index contributed by atoms with van der Waals surface area (Å²) in [6.07, 6.45) is 1.42. The molecular weight excluding hydrogens is 378 g/mol. The van der Waals surface area contributed by atoms with Gasteiger partial charge in [0.05, 0.1) is 6.61 Å². The summed E-state index contributed by atoms with van der Waals surface area (Å²) < 4.78 is 5.38. The standard InChI is InChI=1S/C21H18ClN3O3/c1-2-28-18-8-6-16(7-9-18)24-20(26)14-10-11-23-19(12-14)21(27)25-17-5-3-4-15(22)13-17/h3-13H,2H2,1H3,(H,24,26)(H,25,27). The van der Waals surface area contributed by atoms with E-state index in [9.17, 15) is 9.59 Å². The molecule has 0 bridgehead atoms. The van der Waals surface area contributed by atoms with E-state index in [-0.39, 0.29) is 11.6 Å². The number of amides is 2. The van der Waals surface area contributed by atoms with Gasteiger partial charge in [0, 0.05) is 28.2 Å². The number of pyridine rings is 1. The van der Waals surface area contributed by atoms with Crippen LogP contribution in [0.4, 0.5) is 11.4 Å². The van der Waals surface area contributed by atoms with Crippen LogP contribution < -0.4 is 15.4 Å². The number of hydrogen-bond donors (Lipinski definition) is 2. The average molecular weight is 396 g/mol. The Labute approximate surface area is 167 Å². The van der Waals surface area contributed by atoms with Gasteiger partial charge in [-0.2, -0.15) is 0 Å². The Morgan fingerprint density at radius 2 is 1.71 bits per heavy atom. The Morgan fingerprint density at radius 1 is 0.964 bits per heavy atom. The van der Waals surface area contributed by atoms with Gasteiger partial charge in [-0.3, -0.25) is 14.6 Å². The molecule has 7 heteroatoms. The Morgan fingerprint density at radius 3 is 2.43 bits per heavy atom. The molecule has 0 aliphatic rings. The molecule has 0 fully saturated rings. The fraction of sp³-hybridized carbons (Fsp3) is 0.0952. The maximum absolute atomic E-state index is 12.5. The fourth-order valence-electron chi connectivity index (χ4n) is 2.46. The lowest BCUT2D eigenvalue weighted by Gasteiger charge is -2.08. The summed E-state index contributed by atoms with van der Waals surface area (Å²) in [5.74, 6) is -0.0502. The van der Waals surface area contributed by atoms with Crippen LogP contribution in [0.1, 0.15) is 27.8 Å². The van der Waals surface area contributed by atoms with Crippen molar-refractivity contribution in [3.05, 3.63) is 83.1 Å². The molecule has 0 aliphatic carbocycles. The molecule has 142 valence electrons. The summed E-state index contributed by atoms with van der Waals surface area (Å²) >= 11 is 5.92. The summed E-state index contributed by atoms with van der Waals surface area (Å²) in [5.41, 5.74) is 1.61. The van der Waals surface area contributed by atoms with E-state index in [1.165, 1.54) is 12.3 Å². The van der Waals surface area contributed by atoms with Gasteiger partial charge < -0.3 is 15.4 Å². The van der Waals surface area contributed by atoms with E-state index in [1.807, 2.05) is 6.92 Å². The monoisotopic (exact) mass is 395 g/mol. The third-order valence-electron chi connectivity index (χ3n) is 3.76. The van der Waals surface area contributed by atoms with Crippen molar-refractivity contribution >= 4 is 34.8 Å². The van der Waals surface area contributed by atoms with Crippen LogP contribution in [0.15, 0.2) is 66.9 Å². The minimum atomic E-state index is -0.432. The van der Waals surface area contributed by atoms with Crippen LogP contribution in [0.25, 0.3) is 0 Å². The van der Waals surface area contributed by atoms with E-state index in [0.717, 1.165) is 5.75 Å². The SMILES string of the molecule is CCOc1ccc(NC(=O)c2ccnc(C(=O)Nc3cccc(Cl)c3)c2)cc1. The van der Waals surface area contributed by atoms with Gasteiger partial charge in [0.1, 0.15) is 11.4 Å². The number of carbonyl (C=O) groups excluding carboxylic acids is 2. The molecule has 0 saturated carbocycles. The highest BCUT2D eigenvalue weighted by atomic mass is 35.5. The molecule has 28 heavy (non-hydrogen) atoms. The highest BCUT2D eigenvalue weighted by Crippen LogP contribution is 2.18. The van der Waals surface area contributed by atoms with Crippen LogP contribution in [-0.2, 0) is 0 Å². The minimum absolute atomic E-state index is 0.124. The first kappa shape index (κ1) is 19.4. The number of carbonyl (C=O) groups is 2. The predicted octanol–water partition coefficient (Wildman–Crippen LogP) is 4.64. The summed E-state index contributed by atoms with van der Waals surface area (Å²) in [6.45, 7) is 2.47. The van der Waals surface area contributed by atoms with Crippen LogP contribution in [0, 0.1) is 0 Å². The highest BCUT2D eigenvalue weighted by molar-refractivity contribution is 6.31. The van der Waals surface area contributed by atoms with Crippen molar-refractivity contribution in [2.75, 3.05) is 17.2 Å². The lowest BCUT2D eigenvalue weighted by molar-refractivity contribution is 0.102. The van der Waals surface area contributed by atoms with Crippen molar-refractivity contribution < 1.29 is 14.3 Å². The van der Waals surface area contributed by atoms with Crippen LogP contribution >= 0.6 is 11.6 Å². The molecule has 3 aromatic rings. The summed E-state index contributed by atoms with van der Waals surface area (Å²) in [7, 11) is 0. The first-order chi connectivity index (χ1) is 13.5. The Hall–Kier alpha value is -3.38. The second-order valence-electron chi connectivity index (χ2n) is 5.81. The van der Waals surface area contributed by atoms with Gasteiger partial charge in [0.2, 0.25) is 0 Å². The Balaban J connectivity index is 1.69. The molecule has 0 unspecified atom stereocenters. The van der Waals surface area contributed by atoms with E-state index in [2.05, 4.69) is 15.6 Å². The smallest absolute Gasteiger partial charge is 0.274 e. The number of aromatic nitrogens is 1. The van der Waals surface area contributed by atoms with Crippen LogP contribution in [0.3, 0.4) is 0 Å². The number of nitrogens with one attached hydrogen (secondary N) is 2. The number of rotatable bonds is 6. The number of ether oxygens (including phenoxy) is 1. The zero-order valence-corrected chi connectivity index (χ0v) is 15.9. The lowest BCUT2D eigenvalue weighted by Crippen LogP contribution is -2.17. The van der Waals surface area contributed by atoms with Gasteiger partial charge in [0.25, 0.3) is 11.8 Å². The molecule has 3 rings (SSSR count). The number of benzene rings is 2. The molecule has 2 amide bonds. The van der Waals surface area contributed by atoms with Crippen LogP contribution in [-0.4, -0.2) is 23.4 Å². The third kappa shape index (κ3) is 5.08. The number of halogens is 1. The van der Waals surface area contributed by atoms with Gasteiger partial charge >= 0.3 is 0 Å². The van der Waals surface area contributed by atoms with Crippen molar-refractivity contribution in [2.24, 2.45) is 0 Å². The third-order valence-corrected chi connectivity index (χ3v) is 4.00. The average Bonchev–Trinajstić information content (AvgIpc) is 2.70. The summed E-state index contributed by atoms with van der Waals surface area (Å²) in [5, 5.41) is 5.99. The quantitative estimate of drug-likeness (QED) is 0.637. The van der Waals surface area contributed by atoms with Gasteiger partial charge in [-0.25, -0.2) is 0 Å². The van der Waals surface area contributed by atoms with Crippen molar-refractivity contribution in [3.63, 3.8) is 0 Å². The zero-order chi connectivity index (χ0) is 19.9. The maximum Gasteiger partial charge on any atom is 0.274 e. The normalized spacial score (nSPS) is 10.2. The van der Waals surface area contributed by atoms with Crippen molar-refractivity contribution in [3.8, 4) is 5.75 Å². The molecule has 6 nitrogen and oxygen atoms in total. The molecule has 0 radical (unpaired) electrons. The van der Waals surface area contributed by atoms with Crippen molar-refractivity contribution in [1.82, 2.24) is 4.98 Å². The van der Waals surface area contributed by atoms with E-state index in [0.29, 0.717) is 28.6 Å². The first-order valence-electron chi connectivity index (χ1n) is 8.62. The maximum atomic E-state index is 12.5. The summed E-state index contributed by atoms with van der Waals surface area (Å²) in [4.78, 5) is 28.9. The summed E-state index contributed by atoms with van der Waals surface area (Å²) in [6, 6.07) is 16.8. The van der Waals surface area contributed by atoms with E-state index < -0.39 is 5.91 Å². The van der Waals surface area contributed by atoms with Gasteiger partial charge in [-0.15, -0.1) is 0 Å². The van der Waals surface area contributed by atoms with E-state index >= 15 is 0 Å². The minimum Gasteiger partial charge on any atom is -0.494 e. The molecule has 1 aromatic heterocycles. The first-order valence-corrected chi connectivity index (χ1v) is 9.00. The largest absolute Gasteiger partial charge is 0.494 e. The van der Waals surface area contributed by atoms with Gasteiger partial charge in [-0.1, -0.05) is 17.7 Å². The molecule has 0 aliphatic heterocycles. The van der Waals surface area contributed by atoms with Crippen LogP contribution in [0.5, 0.6) is 5.75 Å². The molecular formula is C21H18ClN3O3. The number of anilines is 2. The molecule has 0 spiro atoms. The molecule has 1 heterocycles. The topological polar surface area (TPSA) is 80.3 Å². The zero-order valence-electron chi connectivity index (χ0n) is 15.1. The Bertz CT molecular complexity index is 990. The number of nitrogens with zero attached hydrogens (tertiary/aromatic N) is 1. The van der Waals surface area contributed by atoms with Crippen molar-refractivity contribution in [1.29, 1.82) is 0 Å². The highest BCUT2D eigenvalue weighted by Gasteiger charge is 2.13. The van der Waals surface area contributed by atoms with Crippen LogP contribution in [0.2, 0.25) is 5.02 Å². The fourth-order valence-corrected chi connectivity index (χ4v) is 2.65. The molecule has 0 atom stereocenters. The molecule has 2 N–H and O–H groups in total. The second-order valence-corrected chi connectivity index (χ2v) is 6.24. The number of hydrogen-bond acceptors (Lipinski definition) is 4. The lowest BCUT2D eigenvalue weighted by atomic mass is 10.2.